The second-order valence-corrected chi connectivity index (χ2v) is 8.46. The lowest BCUT2D eigenvalue weighted by Crippen LogP contribution is -2.52. The van der Waals surface area contributed by atoms with E-state index in [-0.39, 0.29) is 12.3 Å². The Morgan fingerprint density at radius 3 is 2.34 bits per heavy atom. The summed E-state index contributed by atoms with van der Waals surface area (Å²) in [5, 5.41) is 0. The number of para-hydroxylation sites is 1. The molecule has 0 aromatic heterocycles. The van der Waals surface area contributed by atoms with Gasteiger partial charge in [-0.05, 0) is 40.2 Å². The molecule has 0 N–H and O–H groups in total. The van der Waals surface area contributed by atoms with E-state index in [0.29, 0.717) is 11.3 Å². The Kier molecular flexibility index (Phi) is 6.83. The van der Waals surface area contributed by atoms with E-state index in [1.165, 1.54) is 19.1 Å². The third kappa shape index (κ3) is 4.50. The monoisotopic (exact) mass is 425 g/mol. The van der Waals surface area contributed by atoms with Crippen LogP contribution in [0.1, 0.15) is 45.7 Å². The van der Waals surface area contributed by atoms with Crippen LogP contribution in [0, 0.1) is 5.92 Å². The van der Waals surface area contributed by atoms with E-state index in [1.54, 1.807) is 52.0 Å². The summed E-state index contributed by atoms with van der Waals surface area (Å²) in [4.78, 5) is 40.0. The summed E-state index contributed by atoms with van der Waals surface area (Å²) in [6.07, 6.45) is 0.0416. The van der Waals surface area contributed by atoms with Crippen molar-refractivity contribution >= 4 is 29.4 Å². The van der Waals surface area contributed by atoms with Crippen LogP contribution in [-0.2, 0) is 23.9 Å². The summed E-state index contributed by atoms with van der Waals surface area (Å²) in [5.74, 6) is -2.27. The van der Waals surface area contributed by atoms with Gasteiger partial charge in [0.05, 0.1) is 26.2 Å². The van der Waals surface area contributed by atoms with E-state index in [4.69, 9.17) is 25.8 Å². The number of carbonyl (C=O) groups excluding carboxylic acids is 3. The average molecular weight is 426 g/mol. The number of hydrogen-bond acceptors (Lipinski definition) is 6. The lowest BCUT2D eigenvalue weighted by molar-refractivity contribution is -0.161. The second-order valence-electron chi connectivity index (χ2n) is 8.19. The highest BCUT2D eigenvalue weighted by Crippen LogP contribution is 2.50. The molecule has 0 spiro atoms. The Labute approximate surface area is 176 Å². The van der Waals surface area contributed by atoms with Crippen LogP contribution in [0.4, 0.5) is 0 Å². The zero-order chi connectivity index (χ0) is 22.0. The maximum absolute atomic E-state index is 13.1. The summed E-state index contributed by atoms with van der Waals surface area (Å²) in [6.45, 7) is 6.87. The Hall–Kier alpha value is -2.28. The van der Waals surface area contributed by atoms with E-state index >= 15 is 0 Å². The Bertz CT molecular complexity index is 790. The van der Waals surface area contributed by atoms with Gasteiger partial charge in [0, 0.05) is 5.56 Å². The minimum Gasteiger partial charge on any atom is -0.496 e. The van der Waals surface area contributed by atoms with Gasteiger partial charge in [0.2, 0.25) is 5.91 Å². The first-order chi connectivity index (χ1) is 13.5. The maximum Gasteiger partial charge on any atom is 0.331 e. The molecule has 1 saturated heterocycles. The lowest BCUT2D eigenvalue weighted by Gasteiger charge is -2.36. The molecule has 7 nitrogen and oxygen atoms in total. The number of hydrogen-bond donors (Lipinski definition) is 0. The Morgan fingerprint density at radius 2 is 1.83 bits per heavy atom. The van der Waals surface area contributed by atoms with E-state index in [0.717, 1.165) is 0 Å². The minimum absolute atomic E-state index is 0.0416. The number of alkyl halides is 1. The molecule has 0 bridgehead atoms. The molecular formula is C21H28ClNO6. The van der Waals surface area contributed by atoms with Gasteiger partial charge in [0.25, 0.3) is 0 Å². The van der Waals surface area contributed by atoms with Gasteiger partial charge in [-0.25, -0.2) is 4.79 Å². The molecule has 2 rings (SSSR count). The summed E-state index contributed by atoms with van der Waals surface area (Å²) < 4.78 is 16.0. The molecule has 1 aliphatic heterocycles. The fourth-order valence-electron chi connectivity index (χ4n) is 3.88. The van der Waals surface area contributed by atoms with Crippen LogP contribution < -0.4 is 4.74 Å². The van der Waals surface area contributed by atoms with Gasteiger partial charge in [-0.1, -0.05) is 18.2 Å². The first kappa shape index (κ1) is 23.0. The van der Waals surface area contributed by atoms with Crippen molar-refractivity contribution in [2.75, 3.05) is 20.1 Å². The zero-order valence-corrected chi connectivity index (χ0v) is 18.4. The first-order valence-electron chi connectivity index (χ1n) is 9.32. The van der Waals surface area contributed by atoms with Crippen LogP contribution >= 0.6 is 11.6 Å². The van der Waals surface area contributed by atoms with E-state index in [2.05, 4.69) is 0 Å². The number of methoxy groups -OCH3 is 2. The zero-order valence-electron chi connectivity index (χ0n) is 17.7. The number of benzene rings is 1. The minimum atomic E-state index is -1.38. The molecule has 1 fully saturated rings. The summed E-state index contributed by atoms with van der Waals surface area (Å²) in [6, 6.07) is 6.27. The van der Waals surface area contributed by atoms with Gasteiger partial charge in [0.1, 0.15) is 22.8 Å². The van der Waals surface area contributed by atoms with Crippen LogP contribution in [0.2, 0.25) is 0 Å². The molecule has 0 saturated carbocycles. The number of amides is 1. The molecule has 1 amide bonds. The molecule has 160 valence electrons. The van der Waals surface area contributed by atoms with E-state index < -0.39 is 40.9 Å². The van der Waals surface area contributed by atoms with Crippen LogP contribution in [0.25, 0.3) is 0 Å². The van der Waals surface area contributed by atoms with Crippen LogP contribution in [0.15, 0.2) is 24.3 Å². The third-order valence-electron chi connectivity index (χ3n) is 4.98. The largest absolute Gasteiger partial charge is 0.496 e. The molecule has 29 heavy (non-hydrogen) atoms. The third-order valence-corrected chi connectivity index (χ3v) is 5.21. The van der Waals surface area contributed by atoms with E-state index in [1.807, 2.05) is 0 Å². The maximum atomic E-state index is 13.1. The number of rotatable bonds is 5. The van der Waals surface area contributed by atoms with Gasteiger partial charge in [-0.2, -0.15) is 0 Å². The molecule has 0 unspecified atom stereocenters. The number of likely N-dealkylation sites (tertiary alicyclic amines) is 1. The van der Waals surface area contributed by atoms with Gasteiger partial charge < -0.3 is 19.1 Å². The van der Waals surface area contributed by atoms with Crippen LogP contribution in [0.3, 0.4) is 0 Å². The predicted octanol–water partition coefficient (Wildman–Crippen LogP) is 3.10. The van der Waals surface area contributed by atoms with Crippen molar-refractivity contribution in [2.24, 2.45) is 5.92 Å². The van der Waals surface area contributed by atoms with Gasteiger partial charge >= 0.3 is 11.9 Å². The number of nitrogens with zero attached hydrogens (tertiary/aromatic N) is 1. The molecular weight excluding hydrogens is 398 g/mol. The highest BCUT2D eigenvalue weighted by molar-refractivity contribution is 6.27. The fraction of sp³-hybridized carbons (Fsp3) is 0.571. The Balaban J connectivity index is 2.68. The van der Waals surface area contributed by atoms with Crippen molar-refractivity contribution in [3.8, 4) is 5.75 Å². The number of carbonyl (C=O) groups is 3. The van der Waals surface area contributed by atoms with Crippen molar-refractivity contribution in [2.45, 2.75) is 51.3 Å². The topological polar surface area (TPSA) is 82.1 Å². The molecule has 8 heteroatoms. The average Bonchev–Trinajstić information content (AvgIpc) is 2.99. The number of esters is 2. The molecule has 1 heterocycles. The summed E-state index contributed by atoms with van der Waals surface area (Å²) in [5.41, 5.74) is -1.51. The predicted molar refractivity (Wildman–Crippen MR) is 108 cm³/mol. The smallest absolute Gasteiger partial charge is 0.331 e. The Morgan fingerprint density at radius 1 is 1.21 bits per heavy atom. The van der Waals surface area contributed by atoms with Crippen molar-refractivity contribution < 1.29 is 28.6 Å². The van der Waals surface area contributed by atoms with Gasteiger partial charge in [0.15, 0.2) is 0 Å². The van der Waals surface area contributed by atoms with Gasteiger partial charge in [-0.3, -0.25) is 9.59 Å². The molecule has 3 atom stereocenters. The van der Waals surface area contributed by atoms with Crippen molar-refractivity contribution in [1.82, 2.24) is 4.90 Å². The van der Waals surface area contributed by atoms with Crippen LogP contribution in [0.5, 0.6) is 5.75 Å². The molecule has 1 aromatic rings. The fourth-order valence-corrected chi connectivity index (χ4v) is 4.01. The lowest BCUT2D eigenvalue weighted by atomic mass is 9.89. The van der Waals surface area contributed by atoms with Crippen molar-refractivity contribution in [1.29, 1.82) is 0 Å². The van der Waals surface area contributed by atoms with E-state index in [9.17, 15) is 14.4 Å². The standard InChI is InChI=1S/C21H28ClNO6/c1-20(2,3)29-18(25)14-11-21(4,19(26)28-6)23(16(24)12-22)17(14)13-9-7-8-10-15(13)27-5/h7-10,14,17H,11-12H2,1-6H3/t14-,17+,21+/m1/s1. The highest BCUT2D eigenvalue weighted by Gasteiger charge is 2.59. The summed E-state index contributed by atoms with van der Waals surface area (Å²) >= 11 is 5.88. The first-order valence-corrected chi connectivity index (χ1v) is 9.86. The molecule has 0 aliphatic carbocycles. The molecule has 1 aliphatic rings. The SMILES string of the molecule is COC(=O)[C@]1(C)C[C@@H](C(=O)OC(C)(C)C)[C@H](c2ccccc2OC)N1C(=O)CCl. The number of halogens is 1. The quantitative estimate of drug-likeness (QED) is 0.532. The second kappa shape index (κ2) is 8.61. The van der Waals surface area contributed by atoms with Gasteiger partial charge in [-0.15, -0.1) is 11.6 Å². The van der Waals surface area contributed by atoms with Crippen LogP contribution in [-0.4, -0.2) is 54.0 Å². The molecule has 1 aromatic carbocycles. The number of ether oxygens (including phenoxy) is 3. The normalized spacial score (nSPS) is 24.2. The molecule has 0 radical (unpaired) electrons. The summed E-state index contributed by atoms with van der Waals surface area (Å²) in [7, 11) is 2.75. The van der Waals surface area contributed by atoms with Crippen molar-refractivity contribution in [3.63, 3.8) is 0 Å². The van der Waals surface area contributed by atoms with Crippen molar-refractivity contribution in [3.05, 3.63) is 29.8 Å². The highest BCUT2D eigenvalue weighted by atomic mass is 35.5.